The van der Waals surface area contributed by atoms with Crippen LogP contribution >= 0.6 is 0 Å². The standard InChI is InChI=1S/C9H20N4O3/c1-3-11-9(14)13(6-7-16-2)5-4-8(10)12-15/h15H,3-7H2,1-2H3,(H2,10,12)(H,11,14). The molecular weight excluding hydrogens is 212 g/mol. The number of oxime groups is 1. The highest BCUT2D eigenvalue weighted by atomic mass is 16.5. The Morgan fingerprint density at radius 3 is 2.75 bits per heavy atom. The van der Waals surface area contributed by atoms with Gasteiger partial charge in [-0.25, -0.2) is 4.79 Å². The summed E-state index contributed by atoms with van der Waals surface area (Å²) in [6.07, 6.45) is 0.331. The number of ether oxygens (including phenoxy) is 1. The van der Waals surface area contributed by atoms with Gasteiger partial charge in [-0.15, -0.1) is 0 Å². The van der Waals surface area contributed by atoms with E-state index in [1.165, 1.54) is 0 Å². The van der Waals surface area contributed by atoms with Crippen molar-refractivity contribution in [1.29, 1.82) is 0 Å². The van der Waals surface area contributed by atoms with Crippen molar-refractivity contribution in [3.63, 3.8) is 0 Å². The highest BCUT2D eigenvalue weighted by Gasteiger charge is 2.12. The van der Waals surface area contributed by atoms with E-state index in [9.17, 15) is 4.79 Å². The fraction of sp³-hybridized carbons (Fsp3) is 0.778. The lowest BCUT2D eigenvalue weighted by molar-refractivity contribution is 0.150. The monoisotopic (exact) mass is 232 g/mol. The fourth-order valence-corrected chi connectivity index (χ4v) is 1.08. The Balaban J connectivity index is 4.14. The predicted octanol–water partition coefficient (Wildman–Crippen LogP) is -0.199. The minimum absolute atomic E-state index is 0.103. The molecule has 0 aromatic heterocycles. The molecule has 0 aromatic rings. The van der Waals surface area contributed by atoms with Crippen LogP contribution in [0.5, 0.6) is 0 Å². The number of urea groups is 1. The van der Waals surface area contributed by atoms with E-state index in [2.05, 4.69) is 10.5 Å². The van der Waals surface area contributed by atoms with Gasteiger partial charge in [-0.3, -0.25) is 0 Å². The van der Waals surface area contributed by atoms with Crippen molar-refractivity contribution in [2.45, 2.75) is 13.3 Å². The second-order valence-electron chi connectivity index (χ2n) is 3.16. The number of hydrogen-bond acceptors (Lipinski definition) is 4. The van der Waals surface area contributed by atoms with Gasteiger partial charge in [-0.05, 0) is 6.92 Å². The second kappa shape index (κ2) is 8.78. The number of carbonyl (C=O) groups excluding carboxylic acids is 1. The molecule has 0 fully saturated rings. The lowest BCUT2D eigenvalue weighted by Crippen LogP contribution is -2.43. The van der Waals surface area contributed by atoms with E-state index in [1.54, 1.807) is 12.0 Å². The van der Waals surface area contributed by atoms with E-state index in [1.807, 2.05) is 6.92 Å². The van der Waals surface area contributed by atoms with Crippen molar-refractivity contribution in [1.82, 2.24) is 10.2 Å². The van der Waals surface area contributed by atoms with E-state index in [0.717, 1.165) is 0 Å². The van der Waals surface area contributed by atoms with Crippen molar-refractivity contribution >= 4 is 11.9 Å². The molecule has 0 aliphatic rings. The number of carbonyl (C=O) groups is 1. The molecule has 16 heavy (non-hydrogen) atoms. The van der Waals surface area contributed by atoms with Crippen LogP contribution in [0.1, 0.15) is 13.3 Å². The Labute approximate surface area is 95.2 Å². The molecule has 0 aromatic carbocycles. The Hall–Kier alpha value is -1.50. The summed E-state index contributed by atoms with van der Waals surface area (Å²) in [4.78, 5) is 13.1. The lowest BCUT2D eigenvalue weighted by atomic mass is 10.3. The van der Waals surface area contributed by atoms with Gasteiger partial charge in [0.25, 0.3) is 0 Å². The quantitative estimate of drug-likeness (QED) is 0.245. The van der Waals surface area contributed by atoms with Crippen molar-refractivity contribution in [3.05, 3.63) is 0 Å². The minimum Gasteiger partial charge on any atom is -0.409 e. The molecule has 0 rings (SSSR count). The molecule has 0 saturated heterocycles. The third kappa shape index (κ3) is 6.07. The van der Waals surface area contributed by atoms with E-state index < -0.39 is 0 Å². The number of nitrogens with zero attached hydrogens (tertiary/aromatic N) is 2. The van der Waals surface area contributed by atoms with Crippen LogP contribution in [0.15, 0.2) is 5.16 Å². The van der Waals surface area contributed by atoms with Crippen molar-refractivity contribution in [2.24, 2.45) is 10.9 Å². The van der Waals surface area contributed by atoms with Crippen LogP contribution in [-0.4, -0.2) is 55.3 Å². The van der Waals surface area contributed by atoms with E-state index >= 15 is 0 Å². The van der Waals surface area contributed by atoms with Gasteiger partial charge in [-0.1, -0.05) is 5.16 Å². The fourth-order valence-electron chi connectivity index (χ4n) is 1.08. The van der Waals surface area contributed by atoms with Gasteiger partial charge < -0.3 is 25.9 Å². The van der Waals surface area contributed by atoms with E-state index in [4.69, 9.17) is 15.7 Å². The number of nitrogens with one attached hydrogen (secondary N) is 1. The Bertz CT molecular complexity index is 233. The van der Waals surface area contributed by atoms with Gasteiger partial charge in [0.1, 0.15) is 5.84 Å². The van der Waals surface area contributed by atoms with Gasteiger partial charge in [0.05, 0.1) is 6.61 Å². The largest absolute Gasteiger partial charge is 0.409 e. The first kappa shape index (κ1) is 14.5. The molecule has 0 radical (unpaired) electrons. The molecule has 2 amide bonds. The van der Waals surface area contributed by atoms with Gasteiger partial charge in [0.2, 0.25) is 0 Å². The van der Waals surface area contributed by atoms with Crippen LogP contribution in [0.4, 0.5) is 4.79 Å². The smallest absolute Gasteiger partial charge is 0.317 e. The molecule has 4 N–H and O–H groups in total. The summed E-state index contributed by atoms with van der Waals surface area (Å²) in [5.74, 6) is 0.103. The Morgan fingerprint density at radius 2 is 2.25 bits per heavy atom. The zero-order valence-corrected chi connectivity index (χ0v) is 9.77. The third-order valence-electron chi connectivity index (χ3n) is 1.95. The van der Waals surface area contributed by atoms with Crippen LogP contribution in [0.25, 0.3) is 0 Å². The van der Waals surface area contributed by atoms with Crippen LogP contribution in [-0.2, 0) is 4.74 Å². The molecule has 0 heterocycles. The molecule has 0 bridgehead atoms. The van der Waals surface area contributed by atoms with Gasteiger partial charge in [0.15, 0.2) is 0 Å². The van der Waals surface area contributed by atoms with Gasteiger partial charge in [0, 0.05) is 33.2 Å². The summed E-state index contributed by atoms with van der Waals surface area (Å²) in [7, 11) is 1.57. The molecule has 0 spiro atoms. The van der Waals surface area contributed by atoms with Crippen LogP contribution in [0.3, 0.4) is 0 Å². The molecule has 0 aliphatic carbocycles. The summed E-state index contributed by atoms with van der Waals surface area (Å²) < 4.78 is 4.90. The average Bonchev–Trinajstić information content (AvgIpc) is 2.29. The normalized spacial score (nSPS) is 11.2. The summed E-state index contributed by atoms with van der Waals surface area (Å²) in [5, 5.41) is 13.9. The van der Waals surface area contributed by atoms with Crippen molar-refractivity contribution in [2.75, 3.05) is 33.4 Å². The zero-order chi connectivity index (χ0) is 12.4. The number of nitrogens with two attached hydrogens (primary N) is 1. The average molecular weight is 232 g/mol. The molecule has 0 aliphatic heterocycles. The zero-order valence-electron chi connectivity index (χ0n) is 9.77. The number of amides is 2. The van der Waals surface area contributed by atoms with Crippen LogP contribution in [0.2, 0.25) is 0 Å². The maximum Gasteiger partial charge on any atom is 0.317 e. The first-order valence-electron chi connectivity index (χ1n) is 5.13. The second-order valence-corrected chi connectivity index (χ2v) is 3.16. The minimum atomic E-state index is -0.176. The highest BCUT2D eigenvalue weighted by Crippen LogP contribution is 1.93. The summed E-state index contributed by atoms with van der Waals surface area (Å²) in [6, 6.07) is -0.176. The summed E-state index contributed by atoms with van der Waals surface area (Å²) >= 11 is 0. The molecule has 7 nitrogen and oxygen atoms in total. The van der Waals surface area contributed by atoms with E-state index in [-0.39, 0.29) is 11.9 Å². The first-order valence-corrected chi connectivity index (χ1v) is 5.13. The van der Waals surface area contributed by atoms with Crippen molar-refractivity contribution in [3.8, 4) is 0 Å². The topological polar surface area (TPSA) is 100 Å². The maximum atomic E-state index is 11.6. The first-order chi connectivity index (χ1) is 7.65. The summed E-state index contributed by atoms with van der Waals surface area (Å²) in [5.41, 5.74) is 5.33. The SMILES string of the molecule is CCNC(=O)N(CCOC)CCC(N)=NO. The molecule has 0 saturated carbocycles. The number of amidine groups is 1. The predicted molar refractivity (Wildman–Crippen MR) is 60.5 cm³/mol. The van der Waals surface area contributed by atoms with E-state index in [0.29, 0.717) is 32.7 Å². The lowest BCUT2D eigenvalue weighted by Gasteiger charge is -2.22. The van der Waals surface area contributed by atoms with Crippen LogP contribution in [0, 0.1) is 0 Å². The van der Waals surface area contributed by atoms with Gasteiger partial charge >= 0.3 is 6.03 Å². The van der Waals surface area contributed by atoms with Crippen LogP contribution < -0.4 is 11.1 Å². The summed E-state index contributed by atoms with van der Waals surface area (Å²) in [6.45, 7) is 3.72. The number of rotatable bonds is 7. The maximum absolute atomic E-state index is 11.6. The Kier molecular flexibility index (Phi) is 7.96. The molecular formula is C9H20N4O3. The Morgan fingerprint density at radius 1 is 1.56 bits per heavy atom. The molecule has 0 atom stereocenters. The third-order valence-corrected chi connectivity index (χ3v) is 1.95. The molecule has 7 heteroatoms. The number of hydrogen-bond donors (Lipinski definition) is 3. The molecule has 0 unspecified atom stereocenters. The number of methoxy groups -OCH3 is 1. The van der Waals surface area contributed by atoms with Gasteiger partial charge in [-0.2, -0.15) is 0 Å². The molecule has 94 valence electrons. The highest BCUT2D eigenvalue weighted by molar-refractivity contribution is 5.80. The van der Waals surface area contributed by atoms with Crippen molar-refractivity contribution < 1.29 is 14.7 Å².